The lowest BCUT2D eigenvalue weighted by atomic mass is 10.0. The Hall–Kier alpha value is -1.36. The number of aldehydes is 1. The van der Waals surface area contributed by atoms with Crippen molar-refractivity contribution in [2.24, 2.45) is 0 Å². The molecule has 0 aromatic heterocycles. The lowest BCUT2D eigenvalue weighted by Crippen LogP contribution is -1.92. The van der Waals surface area contributed by atoms with E-state index >= 15 is 0 Å². The van der Waals surface area contributed by atoms with Gasteiger partial charge in [0.05, 0.1) is 7.11 Å². The number of carbonyl (C=O) groups excluding carboxylic acids is 1. The van der Waals surface area contributed by atoms with E-state index in [4.69, 9.17) is 4.74 Å². The zero-order chi connectivity index (χ0) is 12.3. The Bertz CT molecular complexity index is 550. The lowest BCUT2D eigenvalue weighted by molar-refractivity contribution is 0.112. The molecule has 0 heterocycles. The zero-order valence-corrected chi connectivity index (χ0v) is 11.5. The fourth-order valence-electron chi connectivity index (χ4n) is 1.69. The van der Waals surface area contributed by atoms with Gasteiger partial charge < -0.3 is 4.74 Å². The Balaban J connectivity index is 2.60. The quantitative estimate of drug-likeness (QED) is 0.629. The predicted octanol–water partition coefficient (Wildman–Crippen LogP) is 3.78. The largest absolute Gasteiger partial charge is 0.497 e. The molecule has 0 saturated heterocycles. The fraction of sp³-hybridized carbons (Fsp3) is 0.0714. The average Bonchev–Trinajstić information content (AvgIpc) is 2.38. The molecule has 0 aliphatic rings. The second-order valence-corrected chi connectivity index (χ2v) is 4.71. The summed E-state index contributed by atoms with van der Waals surface area (Å²) in [6, 6.07) is 13.5. The highest BCUT2D eigenvalue weighted by molar-refractivity contribution is 14.1. The molecule has 17 heavy (non-hydrogen) atoms. The standard InChI is InChI=1S/C14H11IO2/c1-17-11-6-7-12(10(8-11)9-16)13-4-2-3-5-14(13)15/h2-9H,1H3. The summed E-state index contributed by atoms with van der Waals surface area (Å²) in [6.45, 7) is 0. The van der Waals surface area contributed by atoms with Gasteiger partial charge in [-0.1, -0.05) is 18.2 Å². The summed E-state index contributed by atoms with van der Waals surface area (Å²) < 4.78 is 6.24. The molecule has 2 aromatic carbocycles. The van der Waals surface area contributed by atoms with E-state index in [1.165, 1.54) is 0 Å². The summed E-state index contributed by atoms with van der Waals surface area (Å²) in [4.78, 5) is 11.1. The van der Waals surface area contributed by atoms with Gasteiger partial charge in [0, 0.05) is 9.13 Å². The van der Waals surface area contributed by atoms with Crippen LogP contribution in [0.5, 0.6) is 5.75 Å². The van der Waals surface area contributed by atoms with E-state index in [2.05, 4.69) is 22.6 Å². The Kier molecular flexibility index (Phi) is 3.78. The molecular weight excluding hydrogens is 327 g/mol. The van der Waals surface area contributed by atoms with Gasteiger partial charge in [-0.05, 0) is 58.0 Å². The Labute approximate surface area is 114 Å². The van der Waals surface area contributed by atoms with Crippen molar-refractivity contribution in [2.45, 2.75) is 0 Å². The lowest BCUT2D eigenvalue weighted by Gasteiger charge is -2.09. The Morgan fingerprint density at radius 2 is 1.88 bits per heavy atom. The zero-order valence-electron chi connectivity index (χ0n) is 9.31. The number of carbonyl (C=O) groups is 1. The molecule has 0 fully saturated rings. The molecule has 2 rings (SSSR count). The minimum absolute atomic E-state index is 0.647. The third-order valence-electron chi connectivity index (χ3n) is 2.55. The minimum Gasteiger partial charge on any atom is -0.497 e. The van der Waals surface area contributed by atoms with E-state index in [1.807, 2.05) is 36.4 Å². The van der Waals surface area contributed by atoms with Gasteiger partial charge in [0.2, 0.25) is 0 Å². The summed E-state index contributed by atoms with van der Waals surface area (Å²) in [5.74, 6) is 0.696. The van der Waals surface area contributed by atoms with Crippen LogP contribution in [0.3, 0.4) is 0 Å². The van der Waals surface area contributed by atoms with Crippen molar-refractivity contribution >= 4 is 28.9 Å². The highest BCUT2D eigenvalue weighted by Crippen LogP contribution is 2.29. The summed E-state index contributed by atoms with van der Waals surface area (Å²) >= 11 is 2.27. The molecule has 3 heteroatoms. The molecule has 0 saturated carbocycles. The van der Waals surface area contributed by atoms with E-state index in [9.17, 15) is 4.79 Å². The smallest absolute Gasteiger partial charge is 0.150 e. The van der Waals surface area contributed by atoms with Crippen LogP contribution in [0, 0.1) is 3.57 Å². The summed E-state index contributed by atoms with van der Waals surface area (Å²) in [5, 5.41) is 0. The molecule has 2 aromatic rings. The number of ether oxygens (including phenoxy) is 1. The molecule has 0 bridgehead atoms. The first-order chi connectivity index (χ1) is 8.26. The molecule has 0 atom stereocenters. The molecule has 0 amide bonds. The van der Waals surface area contributed by atoms with E-state index in [1.54, 1.807) is 13.2 Å². The Morgan fingerprint density at radius 3 is 2.53 bits per heavy atom. The molecule has 0 aliphatic heterocycles. The topological polar surface area (TPSA) is 26.3 Å². The van der Waals surface area contributed by atoms with Gasteiger partial charge in [-0.2, -0.15) is 0 Å². The first kappa shape index (κ1) is 12.1. The van der Waals surface area contributed by atoms with Crippen molar-refractivity contribution in [1.82, 2.24) is 0 Å². The van der Waals surface area contributed by atoms with E-state index in [0.717, 1.165) is 21.0 Å². The molecule has 0 unspecified atom stereocenters. The van der Waals surface area contributed by atoms with Crippen LogP contribution in [0.1, 0.15) is 10.4 Å². The molecule has 0 spiro atoms. The minimum atomic E-state index is 0.647. The molecule has 0 radical (unpaired) electrons. The number of hydrogen-bond donors (Lipinski definition) is 0. The summed E-state index contributed by atoms with van der Waals surface area (Å²) in [5.41, 5.74) is 2.65. The first-order valence-corrected chi connectivity index (χ1v) is 6.22. The third-order valence-corrected chi connectivity index (χ3v) is 3.49. The van der Waals surface area contributed by atoms with Gasteiger partial charge in [-0.25, -0.2) is 0 Å². The van der Waals surface area contributed by atoms with Crippen LogP contribution in [0.25, 0.3) is 11.1 Å². The number of hydrogen-bond acceptors (Lipinski definition) is 2. The van der Waals surface area contributed by atoms with Gasteiger partial charge in [-0.15, -0.1) is 0 Å². The maximum atomic E-state index is 11.1. The van der Waals surface area contributed by atoms with Crippen molar-refractivity contribution in [1.29, 1.82) is 0 Å². The normalized spacial score (nSPS) is 10.0. The van der Waals surface area contributed by atoms with Crippen LogP contribution in [0.2, 0.25) is 0 Å². The van der Waals surface area contributed by atoms with E-state index in [0.29, 0.717) is 11.3 Å². The van der Waals surface area contributed by atoms with Crippen LogP contribution < -0.4 is 4.74 Å². The van der Waals surface area contributed by atoms with Gasteiger partial charge in [0.1, 0.15) is 5.75 Å². The predicted molar refractivity (Wildman–Crippen MR) is 76.5 cm³/mol. The van der Waals surface area contributed by atoms with Gasteiger partial charge >= 0.3 is 0 Å². The van der Waals surface area contributed by atoms with Crippen molar-refractivity contribution in [3.05, 3.63) is 51.6 Å². The van der Waals surface area contributed by atoms with Crippen LogP contribution in [0.4, 0.5) is 0 Å². The van der Waals surface area contributed by atoms with Crippen LogP contribution in [-0.4, -0.2) is 13.4 Å². The van der Waals surface area contributed by atoms with E-state index in [-0.39, 0.29) is 0 Å². The van der Waals surface area contributed by atoms with E-state index < -0.39 is 0 Å². The molecular formula is C14H11IO2. The van der Waals surface area contributed by atoms with Crippen molar-refractivity contribution in [3.8, 4) is 16.9 Å². The van der Waals surface area contributed by atoms with Crippen molar-refractivity contribution < 1.29 is 9.53 Å². The second-order valence-electron chi connectivity index (χ2n) is 3.55. The van der Waals surface area contributed by atoms with Crippen LogP contribution >= 0.6 is 22.6 Å². The summed E-state index contributed by atoms with van der Waals surface area (Å²) in [6.07, 6.45) is 0.862. The number of rotatable bonds is 3. The molecule has 0 N–H and O–H groups in total. The summed E-state index contributed by atoms with van der Waals surface area (Å²) in [7, 11) is 1.59. The number of halogens is 1. The second kappa shape index (κ2) is 5.31. The SMILES string of the molecule is COc1ccc(-c2ccccc2I)c(C=O)c1. The molecule has 86 valence electrons. The third kappa shape index (κ3) is 2.49. The maximum Gasteiger partial charge on any atom is 0.150 e. The van der Waals surface area contributed by atoms with Gasteiger partial charge in [0.15, 0.2) is 6.29 Å². The van der Waals surface area contributed by atoms with Crippen LogP contribution in [0.15, 0.2) is 42.5 Å². The molecule has 2 nitrogen and oxygen atoms in total. The Morgan fingerprint density at radius 1 is 1.12 bits per heavy atom. The average molecular weight is 338 g/mol. The number of methoxy groups -OCH3 is 1. The maximum absolute atomic E-state index is 11.1. The highest BCUT2D eigenvalue weighted by Gasteiger charge is 2.08. The van der Waals surface area contributed by atoms with Gasteiger partial charge in [0.25, 0.3) is 0 Å². The van der Waals surface area contributed by atoms with Crippen LogP contribution in [-0.2, 0) is 0 Å². The molecule has 0 aliphatic carbocycles. The van der Waals surface area contributed by atoms with Crippen molar-refractivity contribution in [2.75, 3.05) is 7.11 Å². The monoisotopic (exact) mass is 338 g/mol. The van der Waals surface area contributed by atoms with Gasteiger partial charge in [-0.3, -0.25) is 4.79 Å². The number of benzene rings is 2. The van der Waals surface area contributed by atoms with Crippen molar-refractivity contribution in [3.63, 3.8) is 0 Å². The fourth-order valence-corrected chi connectivity index (χ4v) is 2.37. The first-order valence-electron chi connectivity index (χ1n) is 5.14. The highest BCUT2D eigenvalue weighted by atomic mass is 127.